The van der Waals surface area contributed by atoms with E-state index in [9.17, 15) is 18.0 Å². The first kappa shape index (κ1) is 21.2. The number of nitrogens with zero attached hydrogens (tertiary/aromatic N) is 3. The zero-order valence-corrected chi connectivity index (χ0v) is 17.6. The number of aromatic nitrogens is 2. The van der Waals surface area contributed by atoms with E-state index in [0.29, 0.717) is 24.1 Å². The van der Waals surface area contributed by atoms with Gasteiger partial charge in [-0.05, 0) is 57.9 Å². The number of Topliss-reactive ketones (excluding diaryl/α,β-unsaturated/α-hetero) is 1. The highest BCUT2D eigenvalue weighted by Crippen LogP contribution is 2.25. The summed E-state index contributed by atoms with van der Waals surface area (Å²) in [5.41, 5.74) is 1.20. The third-order valence-corrected chi connectivity index (χ3v) is 6.95. The van der Waals surface area contributed by atoms with Crippen LogP contribution < -0.4 is 5.32 Å². The molecule has 0 unspecified atom stereocenters. The van der Waals surface area contributed by atoms with Gasteiger partial charge < -0.3 is 9.88 Å². The summed E-state index contributed by atoms with van der Waals surface area (Å²) in [5.74, 6) is -0.432. The van der Waals surface area contributed by atoms with Gasteiger partial charge in [-0.2, -0.15) is 4.31 Å². The van der Waals surface area contributed by atoms with Crippen LogP contribution in [0.3, 0.4) is 0 Å². The first-order chi connectivity index (χ1) is 13.7. The number of imidazole rings is 1. The molecule has 1 saturated heterocycles. The van der Waals surface area contributed by atoms with Gasteiger partial charge in [-0.3, -0.25) is 9.59 Å². The Hall–Kier alpha value is -2.52. The van der Waals surface area contributed by atoms with Gasteiger partial charge in [0, 0.05) is 42.5 Å². The van der Waals surface area contributed by atoms with Gasteiger partial charge in [0.15, 0.2) is 10.8 Å². The molecule has 29 heavy (non-hydrogen) atoms. The lowest BCUT2D eigenvalue weighted by Gasteiger charge is -2.29. The Morgan fingerprint density at radius 3 is 2.28 bits per heavy atom. The highest BCUT2D eigenvalue weighted by molar-refractivity contribution is 7.89. The molecule has 8 nitrogen and oxygen atoms in total. The smallest absolute Gasteiger partial charge is 0.262 e. The average molecular weight is 419 g/mol. The number of carbonyl (C=O) groups is 2. The van der Waals surface area contributed by atoms with Gasteiger partial charge in [-0.15, -0.1) is 0 Å². The number of anilines is 1. The maximum absolute atomic E-state index is 12.8. The average Bonchev–Trinajstić information content (AvgIpc) is 3.20. The molecule has 1 aliphatic rings. The molecule has 0 spiro atoms. The van der Waals surface area contributed by atoms with Gasteiger partial charge in [0.25, 0.3) is 10.0 Å². The van der Waals surface area contributed by atoms with E-state index in [4.69, 9.17) is 0 Å². The number of carbonyl (C=O) groups excluding carboxylic acids is 2. The zero-order chi connectivity index (χ0) is 21.2. The number of ketones is 1. The van der Waals surface area contributed by atoms with Gasteiger partial charge in [0.2, 0.25) is 5.91 Å². The number of benzene rings is 1. The quantitative estimate of drug-likeness (QED) is 0.727. The molecule has 2 aromatic rings. The van der Waals surface area contributed by atoms with Crippen LogP contribution in [0.2, 0.25) is 0 Å². The number of piperidine rings is 1. The van der Waals surface area contributed by atoms with Crippen LogP contribution >= 0.6 is 0 Å². The fraction of sp³-hybridized carbons (Fsp3) is 0.450. The van der Waals surface area contributed by atoms with Crippen molar-refractivity contribution in [3.8, 4) is 0 Å². The molecule has 3 rings (SSSR count). The van der Waals surface area contributed by atoms with Crippen LogP contribution in [0.15, 0.2) is 41.8 Å². The number of amides is 1. The van der Waals surface area contributed by atoms with Crippen molar-refractivity contribution in [2.24, 2.45) is 5.92 Å². The van der Waals surface area contributed by atoms with Gasteiger partial charge >= 0.3 is 0 Å². The normalized spacial score (nSPS) is 16.1. The summed E-state index contributed by atoms with van der Waals surface area (Å²) in [4.78, 5) is 27.9. The minimum Gasteiger partial charge on any atom is -0.334 e. The second-order valence-electron chi connectivity index (χ2n) is 7.55. The first-order valence-electron chi connectivity index (χ1n) is 9.64. The van der Waals surface area contributed by atoms with Gasteiger partial charge in [-0.25, -0.2) is 13.4 Å². The minimum absolute atomic E-state index is 0.0327. The monoisotopic (exact) mass is 418 g/mol. The number of nitrogens with one attached hydrogen (secondary N) is 1. The predicted molar refractivity (Wildman–Crippen MR) is 109 cm³/mol. The lowest BCUT2D eigenvalue weighted by molar-refractivity contribution is -0.120. The van der Waals surface area contributed by atoms with Crippen molar-refractivity contribution in [2.45, 2.75) is 44.7 Å². The van der Waals surface area contributed by atoms with E-state index < -0.39 is 10.0 Å². The van der Waals surface area contributed by atoms with Gasteiger partial charge in [0.1, 0.15) is 0 Å². The Morgan fingerprint density at radius 1 is 1.14 bits per heavy atom. The lowest BCUT2D eigenvalue weighted by atomic mass is 9.97. The summed E-state index contributed by atoms with van der Waals surface area (Å²) in [6, 6.07) is 6.86. The molecule has 0 radical (unpaired) electrons. The van der Waals surface area contributed by atoms with Crippen LogP contribution in [-0.4, -0.2) is 47.1 Å². The predicted octanol–water partition coefficient (Wildman–Crippen LogP) is 2.71. The van der Waals surface area contributed by atoms with Crippen molar-refractivity contribution in [3.63, 3.8) is 0 Å². The summed E-state index contributed by atoms with van der Waals surface area (Å²) >= 11 is 0. The SMILES string of the molecule is CC(=O)c1ccc(NC(=O)C2CCN(S(=O)(=O)c3cn(C(C)C)cn3)CC2)cc1. The Labute approximate surface area is 171 Å². The minimum atomic E-state index is -3.66. The third-order valence-electron chi connectivity index (χ3n) is 5.16. The number of sulfonamides is 1. The molecule has 1 aromatic carbocycles. The van der Waals surface area contributed by atoms with E-state index in [1.54, 1.807) is 35.0 Å². The molecule has 156 valence electrons. The molecular weight excluding hydrogens is 392 g/mol. The summed E-state index contributed by atoms with van der Waals surface area (Å²) in [7, 11) is -3.66. The van der Waals surface area contributed by atoms with E-state index >= 15 is 0 Å². The Morgan fingerprint density at radius 2 is 1.76 bits per heavy atom. The molecule has 1 fully saturated rings. The van der Waals surface area contributed by atoms with Crippen LogP contribution in [0.5, 0.6) is 0 Å². The maximum atomic E-state index is 12.8. The zero-order valence-electron chi connectivity index (χ0n) is 16.8. The molecule has 0 atom stereocenters. The summed E-state index contributed by atoms with van der Waals surface area (Å²) < 4.78 is 28.7. The highest BCUT2D eigenvalue weighted by Gasteiger charge is 2.33. The van der Waals surface area contributed by atoms with Crippen molar-refractivity contribution in [1.82, 2.24) is 13.9 Å². The van der Waals surface area contributed by atoms with Crippen LogP contribution in [0.25, 0.3) is 0 Å². The van der Waals surface area contributed by atoms with Gasteiger partial charge in [0.05, 0.1) is 6.33 Å². The molecule has 0 saturated carbocycles. The number of rotatable bonds is 6. The molecule has 2 heterocycles. The molecule has 1 N–H and O–H groups in total. The fourth-order valence-electron chi connectivity index (χ4n) is 3.26. The number of hydrogen-bond donors (Lipinski definition) is 1. The number of hydrogen-bond acceptors (Lipinski definition) is 5. The van der Waals surface area contributed by atoms with Gasteiger partial charge in [-0.1, -0.05) is 0 Å². The first-order valence-corrected chi connectivity index (χ1v) is 11.1. The van der Waals surface area contributed by atoms with E-state index in [-0.39, 0.29) is 41.8 Å². The topological polar surface area (TPSA) is 101 Å². The van der Waals surface area contributed by atoms with E-state index in [1.165, 1.54) is 17.6 Å². The van der Waals surface area contributed by atoms with E-state index in [0.717, 1.165) is 0 Å². The summed E-state index contributed by atoms with van der Waals surface area (Å²) in [6.45, 7) is 5.95. The second-order valence-corrected chi connectivity index (χ2v) is 9.44. The lowest BCUT2D eigenvalue weighted by Crippen LogP contribution is -2.41. The molecular formula is C20H26N4O4S. The van der Waals surface area contributed by atoms with Crippen molar-refractivity contribution < 1.29 is 18.0 Å². The Balaban J connectivity index is 1.59. The fourth-order valence-corrected chi connectivity index (χ4v) is 4.65. The Bertz CT molecular complexity index is 988. The van der Waals surface area contributed by atoms with Crippen LogP contribution in [-0.2, 0) is 14.8 Å². The molecule has 1 amide bonds. The van der Waals surface area contributed by atoms with Crippen LogP contribution in [0.1, 0.15) is 50.0 Å². The molecule has 0 aliphatic carbocycles. The largest absolute Gasteiger partial charge is 0.334 e. The van der Waals surface area contributed by atoms with Crippen molar-refractivity contribution in [2.75, 3.05) is 18.4 Å². The molecule has 1 aromatic heterocycles. The van der Waals surface area contributed by atoms with Crippen molar-refractivity contribution in [3.05, 3.63) is 42.4 Å². The standard InChI is InChI=1S/C20H26N4O4S/c1-14(2)23-12-19(21-13-23)29(27,28)24-10-8-17(9-11-24)20(26)22-18-6-4-16(5-7-18)15(3)25/h4-7,12-14,17H,8-11H2,1-3H3,(H,22,26). The highest BCUT2D eigenvalue weighted by atomic mass is 32.2. The summed E-state index contributed by atoms with van der Waals surface area (Å²) in [5, 5.41) is 2.89. The van der Waals surface area contributed by atoms with Crippen molar-refractivity contribution >= 4 is 27.4 Å². The molecule has 9 heteroatoms. The van der Waals surface area contributed by atoms with Crippen LogP contribution in [0, 0.1) is 5.92 Å². The van der Waals surface area contributed by atoms with Crippen LogP contribution in [0.4, 0.5) is 5.69 Å². The molecule has 0 bridgehead atoms. The molecule has 1 aliphatic heterocycles. The maximum Gasteiger partial charge on any atom is 0.262 e. The van der Waals surface area contributed by atoms with E-state index in [2.05, 4.69) is 10.3 Å². The Kier molecular flexibility index (Phi) is 6.18. The third kappa shape index (κ3) is 4.73. The second kappa shape index (κ2) is 8.46. The summed E-state index contributed by atoms with van der Waals surface area (Å²) in [6.07, 6.45) is 3.96. The van der Waals surface area contributed by atoms with Crippen molar-refractivity contribution in [1.29, 1.82) is 0 Å². The van der Waals surface area contributed by atoms with E-state index in [1.807, 2.05) is 13.8 Å².